The summed E-state index contributed by atoms with van der Waals surface area (Å²) in [6.45, 7) is 0.974. The molecule has 1 N–H and O–H groups in total. The molecule has 0 saturated heterocycles. The summed E-state index contributed by atoms with van der Waals surface area (Å²) in [7, 11) is 0. The van der Waals surface area contributed by atoms with Crippen molar-refractivity contribution in [2.45, 2.75) is 12.8 Å². The van der Waals surface area contributed by atoms with Crippen molar-refractivity contribution in [1.29, 1.82) is 5.26 Å². The SMILES string of the molecule is N#Cc1ccc(Oc2cccc3c2NCCC3)c(Br)c1. The van der Waals surface area contributed by atoms with E-state index in [1.165, 1.54) is 5.56 Å². The van der Waals surface area contributed by atoms with E-state index in [-0.39, 0.29) is 0 Å². The molecule has 4 heteroatoms. The monoisotopic (exact) mass is 328 g/mol. The van der Waals surface area contributed by atoms with E-state index in [0.717, 1.165) is 35.3 Å². The highest BCUT2D eigenvalue weighted by atomic mass is 79.9. The van der Waals surface area contributed by atoms with Crippen LogP contribution in [0.5, 0.6) is 11.5 Å². The van der Waals surface area contributed by atoms with Crippen LogP contribution in [0.15, 0.2) is 40.9 Å². The summed E-state index contributed by atoms with van der Waals surface area (Å²) in [5.74, 6) is 1.54. The van der Waals surface area contributed by atoms with Gasteiger partial charge in [-0.2, -0.15) is 5.26 Å². The van der Waals surface area contributed by atoms with Crippen LogP contribution < -0.4 is 10.1 Å². The van der Waals surface area contributed by atoms with E-state index >= 15 is 0 Å². The van der Waals surface area contributed by atoms with E-state index in [4.69, 9.17) is 10.00 Å². The second kappa shape index (κ2) is 5.56. The summed E-state index contributed by atoms with van der Waals surface area (Å²) in [4.78, 5) is 0. The lowest BCUT2D eigenvalue weighted by Crippen LogP contribution is -2.12. The highest BCUT2D eigenvalue weighted by molar-refractivity contribution is 9.10. The summed E-state index contributed by atoms with van der Waals surface area (Å²) in [5.41, 5.74) is 2.98. The third-order valence-corrected chi connectivity index (χ3v) is 3.94. The van der Waals surface area contributed by atoms with Gasteiger partial charge in [0.25, 0.3) is 0 Å². The minimum atomic E-state index is 0.609. The Kier molecular flexibility index (Phi) is 3.62. The van der Waals surface area contributed by atoms with Crippen LogP contribution in [-0.4, -0.2) is 6.54 Å². The van der Waals surface area contributed by atoms with Crippen LogP contribution in [0.4, 0.5) is 5.69 Å². The average molecular weight is 329 g/mol. The van der Waals surface area contributed by atoms with Gasteiger partial charge in [-0.05, 0) is 58.6 Å². The molecule has 0 bridgehead atoms. The smallest absolute Gasteiger partial charge is 0.150 e. The molecule has 1 aliphatic heterocycles. The molecule has 0 atom stereocenters. The average Bonchev–Trinajstić information content (AvgIpc) is 2.49. The van der Waals surface area contributed by atoms with Crippen LogP contribution in [0.25, 0.3) is 0 Å². The van der Waals surface area contributed by atoms with Gasteiger partial charge in [0.05, 0.1) is 21.8 Å². The zero-order chi connectivity index (χ0) is 13.9. The minimum absolute atomic E-state index is 0.609. The molecule has 0 fully saturated rings. The Morgan fingerprint density at radius 2 is 2.10 bits per heavy atom. The van der Waals surface area contributed by atoms with Crippen LogP contribution in [0.3, 0.4) is 0 Å². The number of aryl methyl sites for hydroxylation is 1. The first-order valence-electron chi connectivity index (χ1n) is 6.51. The topological polar surface area (TPSA) is 45.0 Å². The number of hydrogen-bond donors (Lipinski definition) is 1. The highest BCUT2D eigenvalue weighted by Gasteiger charge is 2.14. The lowest BCUT2D eigenvalue weighted by atomic mass is 10.0. The fourth-order valence-electron chi connectivity index (χ4n) is 2.33. The number of nitrogens with zero attached hydrogens (tertiary/aromatic N) is 1. The maximum atomic E-state index is 8.88. The lowest BCUT2D eigenvalue weighted by molar-refractivity contribution is 0.479. The Labute approximate surface area is 126 Å². The number of nitrogens with one attached hydrogen (secondary N) is 1. The second-order valence-corrected chi connectivity index (χ2v) is 5.53. The van der Waals surface area contributed by atoms with E-state index in [1.54, 1.807) is 12.1 Å². The molecule has 0 saturated carbocycles. The Morgan fingerprint density at radius 3 is 2.90 bits per heavy atom. The predicted octanol–water partition coefficient (Wildman–Crippen LogP) is 4.47. The zero-order valence-corrected chi connectivity index (χ0v) is 12.4. The number of hydrogen-bond acceptors (Lipinski definition) is 3. The van der Waals surface area contributed by atoms with Crippen molar-refractivity contribution >= 4 is 21.6 Å². The van der Waals surface area contributed by atoms with Gasteiger partial charge in [-0.3, -0.25) is 0 Å². The number of para-hydroxylation sites is 1. The summed E-state index contributed by atoms with van der Waals surface area (Å²) in [5, 5.41) is 12.3. The van der Waals surface area contributed by atoms with Crippen LogP contribution in [0, 0.1) is 11.3 Å². The fraction of sp³-hybridized carbons (Fsp3) is 0.188. The molecule has 3 nitrogen and oxygen atoms in total. The number of anilines is 1. The van der Waals surface area contributed by atoms with Gasteiger partial charge in [0.15, 0.2) is 5.75 Å². The Hall–Kier alpha value is -1.99. The van der Waals surface area contributed by atoms with Crippen LogP contribution in [0.2, 0.25) is 0 Å². The first kappa shape index (κ1) is 13.0. The summed E-state index contributed by atoms with van der Waals surface area (Å²) in [6, 6.07) is 13.5. The van der Waals surface area contributed by atoms with Gasteiger partial charge in [-0.15, -0.1) is 0 Å². The van der Waals surface area contributed by atoms with E-state index < -0.39 is 0 Å². The van der Waals surface area contributed by atoms with Gasteiger partial charge in [0.2, 0.25) is 0 Å². The minimum Gasteiger partial charge on any atom is -0.454 e. The van der Waals surface area contributed by atoms with Gasteiger partial charge in [0, 0.05) is 6.54 Å². The first-order chi connectivity index (χ1) is 9.78. The standard InChI is InChI=1S/C16H13BrN2O/c17-13-9-11(10-18)6-7-14(13)20-15-5-1-3-12-4-2-8-19-16(12)15/h1,3,5-7,9,19H,2,4,8H2. The second-order valence-electron chi connectivity index (χ2n) is 4.68. The number of fused-ring (bicyclic) bond motifs is 1. The number of ether oxygens (including phenoxy) is 1. The Balaban J connectivity index is 1.94. The lowest BCUT2D eigenvalue weighted by Gasteiger charge is -2.21. The molecule has 2 aromatic rings. The van der Waals surface area contributed by atoms with Crippen LogP contribution in [-0.2, 0) is 6.42 Å². The number of halogens is 1. The molecule has 0 aromatic heterocycles. The van der Waals surface area contributed by atoms with Crippen LogP contribution in [0.1, 0.15) is 17.5 Å². The fourth-order valence-corrected chi connectivity index (χ4v) is 2.79. The van der Waals surface area contributed by atoms with Gasteiger partial charge >= 0.3 is 0 Å². The molecule has 100 valence electrons. The Morgan fingerprint density at radius 1 is 1.20 bits per heavy atom. The molecule has 1 heterocycles. The maximum Gasteiger partial charge on any atom is 0.150 e. The normalized spacial score (nSPS) is 13.0. The first-order valence-corrected chi connectivity index (χ1v) is 7.30. The molecule has 1 aliphatic rings. The van der Waals surface area contributed by atoms with Crippen molar-refractivity contribution in [3.05, 3.63) is 52.0 Å². The van der Waals surface area contributed by atoms with E-state index in [1.807, 2.05) is 18.2 Å². The zero-order valence-electron chi connectivity index (χ0n) is 10.8. The number of rotatable bonds is 2. The number of nitriles is 1. The van der Waals surface area contributed by atoms with E-state index in [0.29, 0.717) is 11.3 Å². The molecule has 0 aliphatic carbocycles. The largest absolute Gasteiger partial charge is 0.454 e. The van der Waals surface area contributed by atoms with Crippen molar-refractivity contribution in [3.8, 4) is 17.6 Å². The molecular weight excluding hydrogens is 316 g/mol. The molecule has 3 rings (SSSR count). The maximum absolute atomic E-state index is 8.88. The molecule has 2 aromatic carbocycles. The quantitative estimate of drug-likeness (QED) is 0.884. The molecule has 0 spiro atoms. The van der Waals surface area contributed by atoms with Crippen molar-refractivity contribution in [1.82, 2.24) is 0 Å². The third kappa shape index (κ3) is 2.50. The van der Waals surface area contributed by atoms with Gasteiger partial charge in [-0.25, -0.2) is 0 Å². The summed E-state index contributed by atoms with van der Waals surface area (Å²) < 4.78 is 6.77. The molecule has 20 heavy (non-hydrogen) atoms. The number of benzene rings is 2. The van der Waals surface area contributed by atoms with Crippen molar-refractivity contribution in [2.75, 3.05) is 11.9 Å². The van der Waals surface area contributed by atoms with Crippen molar-refractivity contribution in [3.63, 3.8) is 0 Å². The predicted molar refractivity (Wildman–Crippen MR) is 82.2 cm³/mol. The summed E-state index contributed by atoms with van der Waals surface area (Å²) >= 11 is 3.44. The van der Waals surface area contributed by atoms with E-state index in [9.17, 15) is 0 Å². The van der Waals surface area contributed by atoms with Gasteiger partial charge in [-0.1, -0.05) is 12.1 Å². The van der Waals surface area contributed by atoms with E-state index in [2.05, 4.69) is 33.4 Å². The third-order valence-electron chi connectivity index (χ3n) is 3.32. The highest BCUT2D eigenvalue weighted by Crippen LogP contribution is 2.37. The molecular formula is C16H13BrN2O. The van der Waals surface area contributed by atoms with Crippen molar-refractivity contribution in [2.24, 2.45) is 0 Å². The Bertz CT molecular complexity index is 691. The summed E-state index contributed by atoms with van der Waals surface area (Å²) in [6.07, 6.45) is 2.23. The van der Waals surface area contributed by atoms with Crippen molar-refractivity contribution < 1.29 is 4.74 Å². The molecule has 0 unspecified atom stereocenters. The van der Waals surface area contributed by atoms with Gasteiger partial charge in [0.1, 0.15) is 5.75 Å². The van der Waals surface area contributed by atoms with Gasteiger partial charge < -0.3 is 10.1 Å². The van der Waals surface area contributed by atoms with Crippen LogP contribution >= 0.6 is 15.9 Å². The molecule has 0 radical (unpaired) electrons. The molecule has 0 amide bonds.